The number of carbonyl (C=O) groups excluding carboxylic acids is 1. The van der Waals surface area contributed by atoms with Crippen LogP contribution in [0.2, 0.25) is 0 Å². The molecular formula is C25H29ClF2N6O3S. The lowest BCUT2D eigenvalue weighted by atomic mass is 10.0. The molecule has 0 unspecified atom stereocenters. The Kier molecular flexibility index (Phi) is 7.80. The maximum absolute atomic E-state index is 13.8. The van der Waals surface area contributed by atoms with Gasteiger partial charge in [-0.1, -0.05) is 12.1 Å². The first-order valence-corrected chi connectivity index (χ1v) is 13.5. The van der Waals surface area contributed by atoms with Crippen LogP contribution in [0.15, 0.2) is 47.4 Å². The Morgan fingerprint density at radius 2 is 1.89 bits per heavy atom. The first-order valence-electron chi connectivity index (χ1n) is 12.0. The number of aromatic nitrogens is 2. The number of H-pyrrole nitrogens is 1. The first kappa shape index (κ1) is 28.0. The van der Waals surface area contributed by atoms with Crippen molar-refractivity contribution in [1.29, 1.82) is 0 Å². The SMILES string of the molecule is CC1(C)c2[nH]nc(NC(=O)c3ccccc3NC[C@@H]3CCCN3)c2CN1S(=O)(=O)c1cc(F)cc(F)c1.Cl. The zero-order chi connectivity index (χ0) is 26.4. The molecule has 9 nitrogen and oxygen atoms in total. The summed E-state index contributed by atoms with van der Waals surface area (Å²) >= 11 is 0. The largest absolute Gasteiger partial charge is 0.383 e. The molecule has 2 aromatic carbocycles. The van der Waals surface area contributed by atoms with Crippen LogP contribution < -0.4 is 16.0 Å². The van der Waals surface area contributed by atoms with Gasteiger partial charge in [0, 0.05) is 36.4 Å². The molecule has 204 valence electrons. The summed E-state index contributed by atoms with van der Waals surface area (Å²) in [6, 6.07) is 9.66. The van der Waals surface area contributed by atoms with Gasteiger partial charge in [-0.3, -0.25) is 9.89 Å². The lowest BCUT2D eigenvalue weighted by Crippen LogP contribution is -2.40. The molecule has 0 spiro atoms. The number of benzene rings is 2. The second-order valence-corrected chi connectivity index (χ2v) is 11.6. The maximum atomic E-state index is 13.8. The molecule has 3 heterocycles. The molecule has 3 aromatic rings. The number of anilines is 2. The van der Waals surface area contributed by atoms with Crippen molar-refractivity contribution in [2.45, 2.75) is 49.7 Å². The van der Waals surface area contributed by atoms with Gasteiger partial charge in [0.15, 0.2) is 5.82 Å². The van der Waals surface area contributed by atoms with Crippen molar-refractivity contribution >= 4 is 39.8 Å². The highest BCUT2D eigenvalue weighted by Crippen LogP contribution is 2.44. The van der Waals surface area contributed by atoms with Crippen molar-refractivity contribution in [3.05, 3.63) is 70.9 Å². The van der Waals surface area contributed by atoms with Gasteiger partial charge < -0.3 is 16.0 Å². The Morgan fingerprint density at radius 3 is 2.58 bits per heavy atom. The van der Waals surface area contributed by atoms with Crippen LogP contribution in [0, 0.1) is 11.6 Å². The van der Waals surface area contributed by atoms with Gasteiger partial charge in [-0.15, -0.1) is 12.4 Å². The number of carbonyl (C=O) groups is 1. The normalized spacial score (nSPS) is 18.6. The highest BCUT2D eigenvalue weighted by atomic mass is 35.5. The molecule has 1 fully saturated rings. The second-order valence-electron chi connectivity index (χ2n) is 9.78. The van der Waals surface area contributed by atoms with Gasteiger partial charge in [-0.25, -0.2) is 17.2 Å². The zero-order valence-electron chi connectivity index (χ0n) is 20.8. The summed E-state index contributed by atoms with van der Waals surface area (Å²) in [6.07, 6.45) is 2.19. The molecule has 1 amide bonds. The maximum Gasteiger partial charge on any atom is 0.258 e. The van der Waals surface area contributed by atoms with Crippen LogP contribution in [0.1, 0.15) is 48.3 Å². The van der Waals surface area contributed by atoms with Crippen molar-refractivity contribution in [3.8, 4) is 0 Å². The van der Waals surface area contributed by atoms with Crippen LogP contribution in [0.3, 0.4) is 0 Å². The summed E-state index contributed by atoms with van der Waals surface area (Å²) in [5.74, 6) is -2.18. The highest BCUT2D eigenvalue weighted by molar-refractivity contribution is 7.89. The number of nitrogens with one attached hydrogen (secondary N) is 4. The van der Waals surface area contributed by atoms with E-state index in [1.807, 2.05) is 12.1 Å². The number of hydrogen-bond acceptors (Lipinski definition) is 6. The lowest BCUT2D eigenvalue weighted by Gasteiger charge is -2.30. The van der Waals surface area contributed by atoms with Crippen molar-refractivity contribution in [2.75, 3.05) is 23.7 Å². The molecule has 1 saturated heterocycles. The second kappa shape index (κ2) is 10.6. The number of aromatic amines is 1. The Hall–Kier alpha value is -3.06. The minimum absolute atomic E-state index is 0. The van der Waals surface area contributed by atoms with E-state index in [4.69, 9.17) is 0 Å². The van der Waals surface area contributed by atoms with E-state index in [1.165, 1.54) is 0 Å². The Morgan fingerprint density at radius 1 is 1.18 bits per heavy atom. The fourth-order valence-electron chi connectivity index (χ4n) is 4.96. The van der Waals surface area contributed by atoms with Crippen molar-refractivity contribution in [1.82, 2.24) is 19.8 Å². The smallest absolute Gasteiger partial charge is 0.258 e. The van der Waals surface area contributed by atoms with Crippen molar-refractivity contribution in [3.63, 3.8) is 0 Å². The number of rotatable bonds is 7. The van der Waals surface area contributed by atoms with Crippen molar-refractivity contribution < 1.29 is 22.0 Å². The molecule has 2 aliphatic heterocycles. The van der Waals surface area contributed by atoms with Gasteiger partial charge in [0.1, 0.15) is 11.6 Å². The van der Waals surface area contributed by atoms with E-state index >= 15 is 0 Å². The van der Waals surface area contributed by atoms with Gasteiger partial charge in [-0.2, -0.15) is 9.40 Å². The molecule has 0 bridgehead atoms. The predicted octanol–water partition coefficient (Wildman–Crippen LogP) is 3.97. The summed E-state index contributed by atoms with van der Waals surface area (Å²) < 4.78 is 55.4. The quantitative estimate of drug-likeness (QED) is 0.344. The molecule has 0 saturated carbocycles. The molecule has 1 aromatic heterocycles. The topological polar surface area (TPSA) is 119 Å². The number of fused-ring (bicyclic) bond motifs is 1. The third-order valence-corrected chi connectivity index (χ3v) is 8.93. The summed E-state index contributed by atoms with van der Waals surface area (Å²) in [4.78, 5) is 12.7. The first-order chi connectivity index (χ1) is 17.6. The summed E-state index contributed by atoms with van der Waals surface area (Å²) in [5, 5.41) is 16.6. The number of para-hydroxylation sites is 1. The number of amides is 1. The van der Waals surface area contributed by atoms with E-state index in [1.54, 1.807) is 26.0 Å². The van der Waals surface area contributed by atoms with Gasteiger partial charge >= 0.3 is 0 Å². The molecule has 4 N–H and O–H groups in total. The van der Waals surface area contributed by atoms with E-state index in [0.29, 0.717) is 41.2 Å². The number of hydrogen-bond donors (Lipinski definition) is 4. The minimum Gasteiger partial charge on any atom is -0.383 e. The predicted molar refractivity (Wildman–Crippen MR) is 142 cm³/mol. The van der Waals surface area contributed by atoms with Crippen LogP contribution in [0.4, 0.5) is 20.3 Å². The molecule has 13 heteroatoms. The molecule has 0 radical (unpaired) electrons. The van der Waals surface area contributed by atoms with Gasteiger partial charge in [-0.05, 0) is 57.5 Å². The van der Waals surface area contributed by atoms with Crippen LogP contribution in [0.5, 0.6) is 0 Å². The lowest BCUT2D eigenvalue weighted by molar-refractivity contribution is 0.102. The van der Waals surface area contributed by atoms with Gasteiger partial charge in [0.25, 0.3) is 5.91 Å². The van der Waals surface area contributed by atoms with Crippen LogP contribution in [0.25, 0.3) is 0 Å². The average molecular weight is 567 g/mol. The van der Waals surface area contributed by atoms with E-state index in [9.17, 15) is 22.0 Å². The van der Waals surface area contributed by atoms with Crippen LogP contribution >= 0.6 is 12.4 Å². The minimum atomic E-state index is -4.27. The Labute approximate surface area is 225 Å². The summed E-state index contributed by atoms with van der Waals surface area (Å²) in [6.45, 7) is 4.85. The standard InChI is InChI=1S/C25H28F2N6O3S.ClH/c1-25(2)22-20(14-33(25)37(35,36)18-11-15(26)10-16(27)12-18)23(32-31-22)30-24(34)19-7-3-4-8-21(19)29-13-17-6-5-9-28-17;/h3-4,7-8,10-12,17,28-29H,5-6,9,13-14H2,1-2H3,(H2,30,31,32,34);1H/t17-;/m0./s1. The highest BCUT2D eigenvalue weighted by Gasteiger charge is 2.48. The average Bonchev–Trinajstić information content (AvgIpc) is 3.56. The summed E-state index contributed by atoms with van der Waals surface area (Å²) in [7, 11) is -4.27. The van der Waals surface area contributed by atoms with Gasteiger partial charge in [0.05, 0.1) is 21.7 Å². The number of nitrogens with zero attached hydrogens (tertiary/aromatic N) is 2. The fourth-order valence-corrected chi connectivity index (χ4v) is 6.73. The molecule has 38 heavy (non-hydrogen) atoms. The van der Waals surface area contributed by atoms with Crippen LogP contribution in [-0.2, 0) is 22.1 Å². The van der Waals surface area contributed by atoms with E-state index in [2.05, 4.69) is 26.1 Å². The monoisotopic (exact) mass is 566 g/mol. The van der Waals surface area contributed by atoms with Crippen LogP contribution in [-0.4, -0.2) is 48.0 Å². The van der Waals surface area contributed by atoms with E-state index in [-0.39, 0.29) is 24.8 Å². The van der Waals surface area contributed by atoms with Crippen molar-refractivity contribution in [2.24, 2.45) is 0 Å². The number of halogens is 3. The molecule has 5 rings (SSSR count). The Bertz CT molecular complexity index is 1440. The zero-order valence-corrected chi connectivity index (χ0v) is 22.5. The summed E-state index contributed by atoms with van der Waals surface area (Å²) in [5.41, 5.74) is 0.967. The molecular weight excluding hydrogens is 538 g/mol. The van der Waals surface area contributed by atoms with E-state index in [0.717, 1.165) is 35.8 Å². The molecule has 2 aliphatic rings. The fraction of sp³-hybridized carbons (Fsp3) is 0.360. The third-order valence-electron chi connectivity index (χ3n) is 6.93. The molecule has 1 atom stereocenters. The van der Waals surface area contributed by atoms with Gasteiger partial charge in [0.2, 0.25) is 10.0 Å². The van der Waals surface area contributed by atoms with E-state index < -0.39 is 38.0 Å². The molecule has 0 aliphatic carbocycles. The third kappa shape index (κ3) is 5.13. The Balaban J connectivity index is 0.00000336. The number of sulfonamides is 1.